The number of hydrogen-bond donors (Lipinski definition) is 0. The van der Waals surface area contributed by atoms with Crippen molar-refractivity contribution in [3.8, 4) is 0 Å². The van der Waals surface area contributed by atoms with Gasteiger partial charge in [0.25, 0.3) is 0 Å². The molecule has 0 aromatic heterocycles. The average molecular weight is 172 g/mol. The van der Waals surface area contributed by atoms with Gasteiger partial charge >= 0.3 is 6.18 Å². The summed E-state index contributed by atoms with van der Waals surface area (Å²) in [5.74, 6) is -1.22. The van der Waals surface area contributed by atoms with E-state index in [1.807, 2.05) is 0 Å². The third-order valence-corrected chi connectivity index (χ3v) is 1.71. The van der Waals surface area contributed by atoms with Crippen molar-refractivity contribution in [2.75, 3.05) is 11.5 Å². The van der Waals surface area contributed by atoms with Crippen molar-refractivity contribution in [1.29, 1.82) is 0 Å². The molecule has 0 aromatic carbocycles. The molecule has 0 spiro atoms. The van der Waals surface area contributed by atoms with Gasteiger partial charge in [-0.15, -0.1) is 11.8 Å². The Bertz CT molecular complexity index is 121. The van der Waals surface area contributed by atoms with E-state index in [2.05, 4.69) is 0 Å². The maximum atomic E-state index is 11.4. The summed E-state index contributed by atoms with van der Waals surface area (Å²) in [6.07, 6.45) is -4.15. The van der Waals surface area contributed by atoms with E-state index in [0.29, 0.717) is 11.8 Å². The van der Waals surface area contributed by atoms with Crippen LogP contribution >= 0.6 is 11.8 Å². The van der Waals surface area contributed by atoms with Crippen molar-refractivity contribution in [2.45, 2.75) is 13.1 Å². The molecule has 0 aliphatic heterocycles. The minimum atomic E-state index is -4.15. The Morgan fingerprint density at radius 2 is 2.00 bits per heavy atom. The van der Waals surface area contributed by atoms with Crippen LogP contribution in [0.25, 0.3) is 0 Å². The van der Waals surface area contributed by atoms with E-state index >= 15 is 0 Å². The van der Waals surface area contributed by atoms with E-state index in [1.165, 1.54) is 6.92 Å². The second-order valence-electron chi connectivity index (χ2n) is 1.81. The van der Waals surface area contributed by atoms with Crippen LogP contribution in [0.2, 0.25) is 0 Å². The number of ketones is 1. The fourth-order valence-electron chi connectivity index (χ4n) is 0.310. The number of alkyl halides is 3. The summed E-state index contributed by atoms with van der Waals surface area (Å²) >= 11 is 0.594. The van der Waals surface area contributed by atoms with Gasteiger partial charge in [0.1, 0.15) is 5.78 Å². The molecule has 0 atom stereocenters. The Kier molecular flexibility index (Phi) is 3.78. The highest BCUT2D eigenvalue weighted by Gasteiger charge is 2.26. The molecular weight excluding hydrogens is 165 g/mol. The Morgan fingerprint density at radius 1 is 1.50 bits per heavy atom. The number of halogens is 3. The number of thioether (sulfide) groups is 1. The second-order valence-corrected chi connectivity index (χ2v) is 2.80. The highest BCUT2D eigenvalue weighted by molar-refractivity contribution is 8.00. The van der Waals surface area contributed by atoms with Gasteiger partial charge in [0.15, 0.2) is 0 Å². The van der Waals surface area contributed by atoms with E-state index in [4.69, 9.17) is 0 Å². The summed E-state index contributed by atoms with van der Waals surface area (Å²) in [7, 11) is 0. The van der Waals surface area contributed by atoms with Gasteiger partial charge in [-0.2, -0.15) is 13.2 Å². The van der Waals surface area contributed by atoms with Crippen LogP contribution in [0.15, 0.2) is 0 Å². The lowest BCUT2D eigenvalue weighted by Crippen LogP contribution is -2.12. The summed E-state index contributed by atoms with van der Waals surface area (Å²) in [5.41, 5.74) is 0. The first-order chi connectivity index (χ1) is 4.42. The van der Waals surface area contributed by atoms with Crippen molar-refractivity contribution < 1.29 is 18.0 Å². The Labute approximate surface area is 61.0 Å². The van der Waals surface area contributed by atoms with Gasteiger partial charge in [-0.25, -0.2) is 0 Å². The minimum absolute atomic E-state index is 0.0560. The number of carbonyl (C=O) groups is 1. The molecule has 0 aliphatic carbocycles. The standard InChI is InChI=1S/C5H7F3OS/c1-4(9)2-10-3-5(6,7)8/h2-3H2,1H3. The minimum Gasteiger partial charge on any atom is -0.299 e. The summed E-state index contributed by atoms with van der Waals surface area (Å²) in [6, 6.07) is 0. The van der Waals surface area contributed by atoms with Gasteiger partial charge in [0.2, 0.25) is 0 Å². The zero-order valence-corrected chi connectivity index (χ0v) is 6.18. The SMILES string of the molecule is CC(=O)CSCC(F)(F)F. The van der Waals surface area contributed by atoms with Crippen LogP contribution in [-0.2, 0) is 4.79 Å². The summed E-state index contributed by atoms with van der Waals surface area (Å²) in [5, 5.41) is 0. The normalized spacial score (nSPS) is 11.6. The molecule has 10 heavy (non-hydrogen) atoms. The van der Waals surface area contributed by atoms with Gasteiger partial charge in [-0.3, -0.25) is 4.79 Å². The van der Waals surface area contributed by atoms with Crippen molar-refractivity contribution in [3.63, 3.8) is 0 Å². The van der Waals surface area contributed by atoms with Crippen molar-refractivity contribution in [3.05, 3.63) is 0 Å². The van der Waals surface area contributed by atoms with E-state index in [-0.39, 0.29) is 11.5 Å². The lowest BCUT2D eigenvalue weighted by molar-refractivity contribution is -0.114. The smallest absolute Gasteiger partial charge is 0.299 e. The predicted molar refractivity (Wildman–Crippen MR) is 34.1 cm³/mol. The van der Waals surface area contributed by atoms with Gasteiger partial charge in [0, 0.05) is 0 Å². The molecule has 0 N–H and O–H groups in total. The molecule has 0 fully saturated rings. The molecule has 0 aromatic rings. The number of rotatable bonds is 3. The highest BCUT2D eigenvalue weighted by Crippen LogP contribution is 2.20. The lowest BCUT2D eigenvalue weighted by Gasteiger charge is -2.02. The molecule has 0 unspecified atom stereocenters. The van der Waals surface area contributed by atoms with Gasteiger partial charge in [-0.1, -0.05) is 0 Å². The van der Waals surface area contributed by atoms with Crippen LogP contribution in [0.4, 0.5) is 13.2 Å². The third-order valence-electron chi connectivity index (χ3n) is 0.571. The molecule has 0 rings (SSSR count). The predicted octanol–water partition coefficient (Wildman–Crippen LogP) is 1.87. The molecule has 0 saturated carbocycles. The van der Waals surface area contributed by atoms with Gasteiger partial charge in [-0.05, 0) is 6.92 Å². The largest absolute Gasteiger partial charge is 0.397 e. The molecule has 0 heterocycles. The molecule has 0 radical (unpaired) electrons. The number of Topliss-reactive ketones (excluding diaryl/α,β-unsaturated/α-hetero) is 1. The molecule has 1 nitrogen and oxygen atoms in total. The van der Waals surface area contributed by atoms with E-state index in [0.717, 1.165) is 0 Å². The van der Waals surface area contributed by atoms with E-state index < -0.39 is 11.9 Å². The van der Waals surface area contributed by atoms with Crippen LogP contribution in [-0.4, -0.2) is 23.5 Å². The van der Waals surface area contributed by atoms with Crippen molar-refractivity contribution in [2.24, 2.45) is 0 Å². The third kappa shape index (κ3) is 7.81. The molecule has 0 amide bonds. The summed E-state index contributed by atoms with van der Waals surface area (Å²) in [6.45, 7) is 1.27. The van der Waals surface area contributed by atoms with Gasteiger partial charge < -0.3 is 0 Å². The highest BCUT2D eigenvalue weighted by atomic mass is 32.2. The quantitative estimate of drug-likeness (QED) is 0.646. The average Bonchev–Trinajstić information content (AvgIpc) is 1.59. The Hall–Kier alpha value is -0.190. The molecule has 60 valence electrons. The molecule has 5 heteroatoms. The van der Waals surface area contributed by atoms with Crippen LogP contribution in [0.5, 0.6) is 0 Å². The zero-order chi connectivity index (χ0) is 8.20. The molecule has 0 bridgehead atoms. The van der Waals surface area contributed by atoms with E-state index in [9.17, 15) is 18.0 Å². The van der Waals surface area contributed by atoms with Crippen LogP contribution in [0.1, 0.15) is 6.92 Å². The maximum absolute atomic E-state index is 11.4. The van der Waals surface area contributed by atoms with Crippen LogP contribution < -0.4 is 0 Å². The van der Waals surface area contributed by atoms with Crippen molar-refractivity contribution >= 4 is 17.5 Å². The van der Waals surface area contributed by atoms with Crippen LogP contribution in [0, 0.1) is 0 Å². The fraction of sp³-hybridized carbons (Fsp3) is 0.800. The Morgan fingerprint density at radius 3 is 2.30 bits per heavy atom. The zero-order valence-electron chi connectivity index (χ0n) is 5.36. The summed E-state index contributed by atoms with van der Waals surface area (Å²) < 4.78 is 34.1. The maximum Gasteiger partial charge on any atom is 0.397 e. The number of hydrogen-bond acceptors (Lipinski definition) is 2. The summed E-state index contributed by atoms with van der Waals surface area (Å²) in [4.78, 5) is 10.1. The molecular formula is C5H7F3OS. The Balaban J connectivity index is 3.29. The van der Waals surface area contributed by atoms with Crippen LogP contribution in [0.3, 0.4) is 0 Å². The first kappa shape index (κ1) is 9.81. The first-order valence-electron chi connectivity index (χ1n) is 2.56. The topological polar surface area (TPSA) is 17.1 Å². The van der Waals surface area contributed by atoms with E-state index in [1.54, 1.807) is 0 Å². The number of carbonyl (C=O) groups excluding carboxylic acids is 1. The lowest BCUT2D eigenvalue weighted by atomic mass is 10.5. The second kappa shape index (κ2) is 3.85. The van der Waals surface area contributed by atoms with Crippen molar-refractivity contribution in [1.82, 2.24) is 0 Å². The first-order valence-corrected chi connectivity index (χ1v) is 3.71. The monoisotopic (exact) mass is 172 g/mol. The molecule has 0 saturated heterocycles. The van der Waals surface area contributed by atoms with Gasteiger partial charge in [0.05, 0.1) is 11.5 Å². The fourth-order valence-corrected chi connectivity index (χ4v) is 0.931. The molecule has 0 aliphatic rings.